The van der Waals surface area contributed by atoms with Gasteiger partial charge in [-0.2, -0.15) is 5.26 Å². The van der Waals surface area contributed by atoms with Crippen molar-refractivity contribution < 1.29 is 13.9 Å². The van der Waals surface area contributed by atoms with E-state index in [-0.39, 0.29) is 11.4 Å². The van der Waals surface area contributed by atoms with E-state index in [1.807, 2.05) is 36.4 Å². The van der Waals surface area contributed by atoms with Gasteiger partial charge in [-0.1, -0.05) is 48.5 Å². The predicted molar refractivity (Wildman–Crippen MR) is 117 cm³/mol. The van der Waals surface area contributed by atoms with E-state index in [0.29, 0.717) is 28.9 Å². The monoisotopic (exact) mass is 464 g/mol. The van der Waals surface area contributed by atoms with Gasteiger partial charge >= 0.3 is 0 Å². The molecule has 0 aliphatic rings. The zero-order valence-corrected chi connectivity index (χ0v) is 17.5. The third kappa shape index (κ3) is 6.03. The lowest BCUT2D eigenvalue weighted by Gasteiger charge is -2.09. The van der Waals surface area contributed by atoms with E-state index in [0.717, 1.165) is 11.1 Å². The van der Waals surface area contributed by atoms with Crippen LogP contribution in [0.5, 0.6) is 5.75 Å². The molecule has 0 fully saturated rings. The molecule has 150 valence electrons. The Morgan fingerprint density at radius 2 is 1.80 bits per heavy atom. The van der Waals surface area contributed by atoms with Crippen LogP contribution in [-0.4, -0.2) is 5.91 Å². The maximum atomic E-state index is 13.0. The number of amides is 1. The Labute approximate surface area is 182 Å². The van der Waals surface area contributed by atoms with E-state index >= 15 is 0 Å². The number of rotatable bonds is 7. The second kappa shape index (κ2) is 10.4. The molecule has 3 aromatic rings. The SMILES string of the molecule is N#C/C(=C/c1ccc(OCc2ccc(F)cc2)c(Br)c1)C(=O)NCc1ccccc1. The Bertz CT molecular complexity index is 1090. The second-order valence-corrected chi connectivity index (χ2v) is 7.30. The standard InChI is InChI=1S/C24H18BrFN2O2/c25-22-13-19(8-11-23(22)30-16-18-6-9-21(26)10-7-18)12-20(14-27)24(29)28-15-17-4-2-1-3-5-17/h1-13H,15-16H2,(H,28,29)/b20-12-. The Balaban J connectivity index is 1.64. The van der Waals surface area contributed by atoms with Crippen molar-refractivity contribution in [3.8, 4) is 11.8 Å². The van der Waals surface area contributed by atoms with E-state index in [9.17, 15) is 14.4 Å². The summed E-state index contributed by atoms with van der Waals surface area (Å²) in [5.41, 5.74) is 2.49. The van der Waals surface area contributed by atoms with Crippen molar-refractivity contribution in [2.24, 2.45) is 0 Å². The third-order valence-corrected chi connectivity index (χ3v) is 4.86. The summed E-state index contributed by atoms with van der Waals surface area (Å²) >= 11 is 3.44. The topological polar surface area (TPSA) is 62.1 Å². The van der Waals surface area contributed by atoms with Gasteiger partial charge in [0.2, 0.25) is 0 Å². The highest BCUT2D eigenvalue weighted by molar-refractivity contribution is 9.10. The number of nitrogens with zero attached hydrogens (tertiary/aromatic N) is 1. The molecule has 3 rings (SSSR count). The first kappa shape index (κ1) is 21.3. The van der Waals surface area contributed by atoms with Gasteiger partial charge in [-0.3, -0.25) is 4.79 Å². The van der Waals surface area contributed by atoms with Crippen molar-refractivity contribution in [3.05, 3.63) is 105 Å². The first-order valence-corrected chi connectivity index (χ1v) is 9.95. The summed E-state index contributed by atoms with van der Waals surface area (Å²) in [6.07, 6.45) is 1.52. The quantitative estimate of drug-likeness (QED) is 0.376. The summed E-state index contributed by atoms with van der Waals surface area (Å²) < 4.78 is 19.4. The van der Waals surface area contributed by atoms with Crippen LogP contribution < -0.4 is 10.1 Å². The Hall–Kier alpha value is -3.43. The molecule has 1 amide bonds. The molecule has 0 heterocycles. The molecule has 0 aliphatic carbocycles. The Kier molecular flexibility index (Phi) is 7.36. The molecule has 0 saturated carbocycles. The van der Waals surface area contributed by atoms with Gasteiger partial charge in [0, 0.05) is 6.54 Å². The predicted octanol–water partition coefficient (Wildman–Crippen LogP) is 5.39. The second-order valence-electron chi connectivity index (χ2n) is 6.44. The molecule has 30 heavy (non-hydrogen) atoms. The average Bonchev–Trinajstić information content (AvgIpc) is 2.77. The van der Waals surface area contributed by atoms with Crippen molar-refractivity contribution in [1.82, 2.24) is 5.32 Å². The van der Waals surface area contributed by atoms with E-state index < -0.39 is 5.91 Å². The van der Waals surface area contributed by atoms with Gasteiger partial charge in [0.1, 0.15) is 29.8 Å². The fourth-order valence-electron chi connectivity index (χ4n) is 2.65. The van der Waals surface area contributed by atoms with Gasteiger partial charge < -0.3 is 10.1 Å². The lowest BCUT2D eigenvalue weighted by Crippen LogP contribution is -2.23. The third-order valence-electron chi connectivity index (χ3n) is 4.24. The number of carbonyl (C=O) groups is 1. The number of benzene rings is 3. The van der Waals surface area contributed by atoms with Crippen LogP contribution in [0.1, 0.15) is 16.7 Å². The maximum Gasteiger partial charge on any atom is 0.262 e. The lowest BCUT2D eigenvalue weighted by atomic mass is 10.1. The minimum atomic E-state index is -0.436. The largest absolute Gasteiger partial charge is 0.488 e. The Morgan fingerprint density at radius 3 is 2.47 bits per heavy atom. The van der Waals surface area contributed by atoms with Crippen molar-refractivity contribution in [2.45, 2.75) is 13.2 Å². The highest BCUT2D eigenvalue weighted by atomic mass is 79.9. The molecule has 0 atom stereocenters. The van der Waals surface area contributed by atoms with Crippen LogP contribution in [0.25, 0.3) is 6.08 Å². The molecule has 0 aliphatic heterocycles. The van der Waals surface area contributed by atoms with Crippen molar-refractivity contribution >= 4 is 27.9 Å². The average molecular weight is 465 g/mol. The van der Waals surface area contributed by atoms with Crippen LogP contribution in [0.2, 0.25) is 0 Å². The van der Waals surface area contributed by atoms with Crippen LogP contribution in [0.3, 0.4) is 0 Å². The Morgan fingerprint density at radius 1 is 1.07 bits per heavy atom. The molecule has 1 N–H and O–H groups in total. The zero-order valence-electron chi connectivity index (χ0n) is 15.9. The van der Waals surface area contributed by atoms with Crippen LogP contribution in [-0.2, 0) is 17.9 Å². The van der Waals surface area contributed by atoms with Crippen molar-refractivity contribution in [3.63, 3.8) is 0 Å². The van der Waals surface area contributed by atoms with E-state index in [4.69, 9.17) is 4.74 Å². The van der Waals surface area contributed by atoms with E-state index in [2.05, 4.69) is 21.2 Å². The number of halogens is 2. The first-order chi connectivity index (χ1) is 14.5. The van der Waals surface area contributed by atoms with Gasteiger partial charge in [0.15, 0.2) is 0 Å². The first-order valence-electron chi connectivity index (χ1n) is 9.16. The number of hydrogen-bond acceptors (Lipinski definition) is 3. The maximum absolute atomic E-state index is 13.0. The summed E-state index contributed by atoms with van der Waals surface area (Å²) in [6.45, 7) is 0.637. The molecule has 3 aromatic carbocycles. The summed E-state index contributed by atoms with van der Waals surface area (Å²) in [6, 6.07) is 22.8. The molecule has 0 spiro atoms. The number of hydrogen-bond donors (Lipinski definition) is 1. The minimum Gasteiger partial charge on any atom is -0.488 e. The highest BCUT2D eigenvalue weighted by Gasteiger charge is 2.10. The van der Waals surface area contributed by atoms with E-state index in [1.165, 1.54) is 18.2 Å². The fourth-order valence-corrected chi connectivity index (χ4v) is 3.17. The molecule has 0 aromatic heterocycles. The van der Waals surface area contributed by atoms with Gasteiger partial charge in [-0.15, -0.1) is 0 Å². The van der Waals surface area contributed by atoms with Crippen molar-refractivity contribution in [1.29, 1.82) is 5.26 Å². The smallest absolute Gasteiger partial charge is 0.262 e. The number of nitrogens with one attached hydrogen (secondary N) is 1. The van der Waals surface area contributed by atoms with Gasteiger partial charge in [0.05, 0.1) is 4.47 Å². The van der Waals surface area contributed by atoms with Crippen LogP contribution in [0.4, 0.5) is 4.39 Å². The number of carbonyl (C=O) groups excluding carboxylic acids is 1. The molecule has 0 bridgehead atoms. The molecular formula is C24H18BrFN2O2. The molecule has 4 nitrogen and oxygen atoms in total. The van der Waals surface area contributed by atoms with Gasteiger partial charge in [0.25, 0.3) is 5.91 Å². The molecule has 6 heteroatoms. The lowest BCUT2D eigenvalue weighted by molar-refractivity contribution is -0.117. The molecule has 0 unspecified atom stereocenters. The highest BCUT2D eigenvalue weighted by Crippen LogP contribution is 2.27. The van der Waals surface area contributed by atoms with Crippen LogP contribution in [0, 0.1) is 17.1 Å². The molecule has 0 saturated heterocycles. The molecule has 0 radical (unpaired) electrons. The van der Waals surface area contributed by atoms with Gasteiger partial charge in [-0.05, 0) is 63.0 Å². The molecular weight excluding hydrogens is 447 g/mol. The van der Waals surface area contributed by atoms with Crippen molar-refractivity contribution in [2.75, 3.05) is 0 Å². The number of ether oxygens (including phenoxy) is 1. The van der Waals surface area contributed by atoms with Gasteiger partial charge in [-0.25, -0.2) is 4.39 Å². The summed E-state index contributed by atoms with van der Waals surface area (Å²) in [4.78, 5) is 12.3. The van der Waals surface area contributed by atoms with Crippen LogP contribution >= 0.6 is 15.9 Å². The van der Waals surface area contributed by atoms with Crippen LogP contribution in [0.15, 0.2) is 82.8 Å². The van der Waals surface area contributed by atoms with E-state index in [1.54, 1.807) is 30.3 Å². The summed E-state index contributed by atoms with van der Waals surface area (Å²) in [5, 5.41) is 12.1. The number of nitriles is 1. The summed E-state index contributed by atoms with van der Waals surface area (Å²) in [7, 11) is 0. The fraction of sp³-hybridized carbons (Fsp3) is 0.0833. The minimum absolute atomic E-state index is 0.0119. The summed E-state index contributed by atoms with van der Waals surface area (Å²) in [5.74, 6) is -0.130. The zero-order chi connectivity index (χ0) is 21.3. The normalized spacial score (nSPS) is 10.9.